The minimum atomic E-state index is -4.10. The van der Waals surface area contributed by atoms with E-state index in [1.165, 1.54) is 24.4 Å². The van der Waals surface area contributed by atoms with Crippen molar-refractivity contribution < 1.29 is 41.0 Å². The van der Waals surface area contributed by atoms with Crippen molar-refractivity contribution in [2.75, 3.05) is 13.4 Å². The number of fused-ring (bicyclic) bond motifs is 1. The van der Waals surface area contributed by atoms with Crippen molar-refractivity contribution >= 4 is 26.7 Å². The zero-order valence-electron chi connectivity index (χ0n) is 25.1. The van der Waals surface area contributed by atoms with Gasteiger partial charge in [0.15, 0.2) is 21.4 Å². The number of hydrogen-bond acceptors (Lipinski definition) is 6. The molecule has 0 bridgehead atoms. The van der Waals surface area contributed by atoms with Crippen LogP contribution in [-0.4, -0.2) is 53.4 Å². The number of aromatic nitrogens is 3. The number of methoxy groups -OCH3 is 1. The molecular formula is C33H30F3N3O6S. The van der Waals surface area contributed by atoms with Crippen LogP contribution in [0.4, 0.5) is 13.2 Å². The Balaban J connectivity index is 1.39. The first-order chi connectivity index (χ1) is 21.7. The van der Waals surface area contributed by atoms with Gasteiger partial charge in [0.25, 0.3) is 0 Å². The molecule has 0 amide bonds. The fraction of sp³-hybridized carbons (Fsp3) is 0.273. The van der Waals surface area contributed by atoms with Crippen LogP contribution >= 0.6 is 0 Å². The Bertz CT molecular complexity index is 2100. The Morgan fingerprint density at radius 2 is 1.85 bits per heavy atom. The van der Waals surface area contributed by atoms with Crippen molar-refractivity contribution in [1.82, 2.24) is 15.0 Å². The van der Waals surface area contributed by atoms with Crippen LogP contribution in [0.25, 0.3) is 22.3 Å². The zero-order chi connectivity index (χ0) is 33.0. The maximum atomic E-state index is 15.3. The second-order valence-electron chi connectivity index (χ2n) is 11.9. The van der Waals surface area contributed by atoms with Gasteiger partial charge in [0.1, 0.15) is 22.3 Å². The van der Waals surface area contributed by atoms with E-state index in [2.05, 4.69) is 15.0 Å². The number of rotatable bonds is 10. The summed E-state index contributed by atoms with van der Waals surface area (Å²) in [7, 11) is -2.47. The van der Waals surface area contributed by atoms with E-state index in [1.807, 2.05) is 31.2 Å². The van der Waals surface area contributed by atoms with E-state index in [0.29, 0.717) is 25.0 Å². The molecule has 2 heterocycles. The highest BCUT2D eigenvalue weighted by atomic mass is 32.2. The van der Waals surface area contributed by atoms with Crippen molar-refractivity contribution in [2.45, 2.75) is 48.5 Å². The van der Waals surface area contributed by atoms with Crippen LogP contribution in [0.1, 0.15) is 43.0 Å². The summed E-state index contributed by atoms with van der Waals surface area (Å²) in [6.07, 6.45) is 5.20. The predicted octanol–water partition coefficient (Wildman–Crippen LogP) is 6.67. The molecule has 1 aliphatic rings. The number of H-pyrrole nitrogens is 2. The van der Waals surface area contributed by atoms with Gasteiger partial charge >= 0.3 is 5.97 Å². The van der Waals surface area contributed by atoms with E-state index in [1.54, 1.807) is 13.3 Å². The Hall–Kier alpha value is -4.62. The summed E-state index contributed by atoms with van der Waals surface area (Å²) in [5.74, 6) is -5.29. The highest BCUT2D eigenvalue weighted by Gasteiger charge is 2.55. The fourth-order valence-corrected chi connectivity index (χ4v) is 7.43. The SMILES string of the molecule is COC1(C)CC(c2cccc(CCC(=O)O)c2)(c2cnc(-c3cc(Oc4c(F)c(F)c5[nH]ccc5c4S(C)(=O)=O)ccc3F)[nH]2)C1. The molecule has 2 aromatic heterocycles. The third-order valence-electron chi connectivity index (χ3n) is 8.64. The molecule has 0 unspecified atom stereocenters. The van der Waals surface area contributed by atoms with E-state index in [4.69, 9.17) is 14.6 Å². The molecule has 0 aliphatic heterocycles. The summed E-state index contributed by atoms with van der Waals surface area (Å²) in [6.45, 7) is 1.98. The zero-order valence-corrected chi connectivity index (χ0v) is 25.9. The predicted molar refractivity (Wildman–Crippen MR) is 163 cm³/mol. The number of carboxylic acids is 1. The average Bonchev–Trinajstić information content (AvgIpc) is 3.68. The van der Waals surface area contributed by atoms with Gasteiger partial charge in [-0.2, -0.15) is 4.39 Å². The molecule has 13 heteroatoms. The van der Waals surface area contributed by atoms with Gasteiger partial charge in [-0.25, -0.2) is 22.2 Å². The standard InChI is InChI=1S/C33H30F3N3O6S/c1-32(44-2)16-33(17-32,19-6-4-5-18(13-19)7-10-25(40)41)24-15-38-31(39-24)22-14-20(8-9-23(22)34)45-29-27(36)26(35)28-21(11-12-37-28)30(29)46(3,42)43/h4-6,8-9,11-15,37H,7,10,16-17H2,1-3H3,(H,38,39)(H,40,41). The second kappa shape index (κ2) is 11.3. The van der Waals surface area contributed by atoms with E-state index in [-0.39, 0.29) is 34.5 Å². The van der Waals surface area contributed by atoms with Crippen LogP contribution in [0, 0.1) is 17.5 Å². The Morgan fingerprint density at radius 1 is 1.09 bits per heavy atom. The number of carbonyl (C=O) groups is 1. The molecule has 1 saturated carbocycles. The van der Waals surface area contributed by atoms with Crippen molar-refractivity contribution in [3.63, 3.8) is 0 Å². The lowest BCUT2D eigenvalue weighted by Crippen LogP contribution is -2.54. The van der Waals surface area contributed by atoms with E-state index in [9.17, 15) is 17.6 Å². The van der Waals surface area contributed by atoms with Gasteiger partial charge in [0.05, 0.1) is 16.7 Å². The molecule has 1 aliphatic carbocycles. The summed E-state index contributed by atoms with van der Waals surface area (Å²) in [5, 5.41) is 9.06. The number of halogens is 3. The summed E-state index contributed by atoms with van der Waals surface area (Å²) in [4.78, 5) is 20.8. The van der Waals surface area contributed by atoms with Gasteiger partial charge in [0, 0.05) is 48.7 Å². The Labute approximate surface area is 262 Å². The largest absolute Gasteiger partial charge is 0.481 e. The molecule has 6 rings (SSSR count). The fourth-order valence-electron chi connectivity index (χ4n) is 6.39. The first-order valence-corrected chi connectivity index (χ1v) is 16.2. The number of imidazole rings is 1. The molecule has 46 heavy (non-hydrogen) atoms. The van der Waals surface area contributed by atoms with Gasteiger partial charge < -0.3 is 24.5 Å². The lowest BCUT2D eigenvalue weighted by Gasteiger charge is -2.53. The molecule has 3 N–H and O–H groups in total. The monoisotopic (exact) mass is 653 g/mol. The topological polar surface area (TPSA) is 134 Å². The minimum Gasteiger partial charge on any atom is -0.481 e. The lowest BCUT2D eigenvalue weighted by molar-refractivity contribution is -0.136. The minimum absolute atomic E-state index is 0.0145. The molecule has 0 spiro atoms. The molecule has 5 aromatic rings. The third-order valence-corrected chi connectivity index (χ3v) is 9.78. The molecule has 0 radical (unpaired) electrons. The summed E-state index contributed by atoms with van der Waals surface area (Å²) >= 11 is 0. The van der Waals surface area contributed by atoms with Crippen LogP contribution in [-0.2, 0) is 31.2 Å². The van der Waals surface area contributed by atoms with Crippen LogP contribution in [0.3, 0.4) is 0 Å². The summed E-state index contributed by atoms with van der Waals surface area (Å²) in [6, 6.07) is 12.4. The van der Waals surface area contributed by atoms with Crippen LogP contribution in [0.2, 0.25) is 0 Å². The summed E-state index contributed by atoms with van der Waals surface area (Å²) in [5.41, 5.74) is 1.03. The first kappa shape index (κ1) is 31.4. The molecule has 0 saturated heterocycles. The second-order valence-corrected chi connectivity index (χ2v) is 13.9. The Morgan fingerprint density at radius 3 is 2.54 bits per heavy atom. The number of hydrogen-bond donors (Lipinski definition) is 3. The van der Waals surface area contributed by atoms with Crippen molar-refractivity contribution in [2.24, 2.45) is 0 Å². The van der Waals surface area contributed by atoms with Crippen molar-refractivity contribution in [3.8, 4) is 22.9 Å². The normalized spacial score (nSPS) is 19.7. The van der Waals surface area contributed by atoms with Gasteiger partial charge in [0.2, 0.25) is 5.82 Å². The number of aliphatic carboxylic acids is 1. The van der Waals surface area contributed by atoms with Crippen molar-refractivity contribution in [3.05, 3.63) is 95.2 Å². The van der Waals surface area contributed by atoms with Crippen LogP contribution < -0.4 is 4.74 Å². The molecule has 1 fully saturated rings. The maximum Gasteiger partial charge on any atom is 0.303 e. The average molecular weight is 654 g/mol. The van der Waals surface area contributed by atoms with E-state index in [0.717, 1.165) is 23.4 Å². The van der Waals surface area contributed by atoms with E-state index < -0.39 is 54.9 Å². The number of benzene rings is 3. The quantitative estimate of drug-likeness (QED) is 0.143. The first-order valence-electron chi connectivity index (χ1n) is 14.3. The van der Waals surface area contributed by atoms with Crippen LogP contribution in [0.15, 0.2) is 65.8 Å². The third kappa shape index (κ3) is 5.43. The summed E-state index contributed by atoms with van der Waals surface area (Å²) < 4.78 is 82.1. The van der Waals surface area contributed by atoms with Gasteiger partial charge in [-0.15, -0.1) is 0 Å². The number of aromatic amines is 2. The smallest absolute Gasteiger partial charge is 0.303 e. The number of nitrogens with one attached hydrogen (secondary N) is 2. The lowest BCUT2D eigenvalue weighted by atomic mass is 9.55. The molecule has 9 nitrogen and oxygen atoms in total. The number of sulfone groups is 1. The van der Waals surface area contributed by atoms with Gasteiger partial charge in [-0.05, 0) is 61.6 Å². The maximum absolute atomic E-state index is 15.3. The number of carboxylic acid groups (broad SMARTS) is 1. The van der Waals surface area contributed by atoms with Crippen molar-refractivity contribution in [1.29, 1.82) is 0 Å². The molecular weight excluding hydrogens is 623 g/mol. The molecule has 3 aromatic carbocycles. The van der Waals surface area contributed by atoms with Gasteiger partial charge in [-0.3, -0.25) is 4.79 Å². The van der Waals surface area contributed by atoms with E-state index >= 15 is 8.78 Å². The highest BCUT2D eigenvalue weighted by Crippen LogP contribution is 2.55. The number of aryl methyl sites for hydroxylation is 1. The van der Waals surface area contributed by atoms with Gasteiger partial charge in [-0.1, -0.05) is 24.3 Å². The number of nitrogens with zero attached hydrogens (tertiary/aromatic N) is 1. The molecule has 240 valence electrons. The Kier molecular flexibility index (Phi) is 7.72. The molecule has 0 atom stereocenters. The number of ether oxygens (including phenoxy) is 2. The van der Waals surface area contributed by atoms with Crippen LogP contribution in [0.5, 0.6) is 11.5 Å². The highest BCUT2D eigenvalue weighted by molar-refractivity contribution is 7.91.